The normalized spacial score (nSPS) is 21.3. The summed E-state index contributed by atoms with van der Waals surface area (Å²) in [6, 6.07) is 5.15. The quantitative estimate of drug-likeness (QED) is 0.880. The van der Waals surface area contributed by atoms with E-state index in [9.17, 15) is 9.90 Å². The van der Waals surface area contributed by atoms with Crippen molar-refractivity contribution in [3.05, 3.63) is 29.6 Å². The summed E-state index contributed by atoms with van der Waals surface area (Å²) in [5.41, 5.74) is 0.398. The maximum atomic E-state index is 12.3. The van der Waals surface area contributed by atoms with E-state index in [4.69, 9.17) is 5.26 Å². The number of carbonyl (C=O) groups excluding carboxylic acids is 1. The van der Waals surface area contributed by atoms with Crippen LogP contribution >= 0.6 is 0 Å². The molecular weight excluding hydrogens is 254 g/mol. The van der Waals surface area contributed by atoms with Crippen molar-refractivity contribution in [1.82, 2.24) is 9.88 Å². The van der Waals surface area contributed by atoms with Gasteiger partial charge in [0.1, 0.15) is 11.8 Å². The van der Waals surface area contributed by atoms with Crippen LogP contribution in [0.15, 0.2) is 18.3 Å². The Balaban J connectivity index is 1.62. The SMILES string of the molecule is N#Cc1ccc(C(=O)N2CCC(C3(O)CC3)CC2)cn1. The average Bonchev–Trinajstić information content (AvgIpc) is 3.26. The Morgan fingerprint density at radius 1 is 1.40 bits per heavy atom. The van der Waals surface area contributed by atoms with Gasteiger partial charge < -0.3 is 10.0 Å². The first kappa shape index (κ1) is 13.1. The van der Waals surface area contributed by atoms with E-state index in [2.05, 4.69) is 4.98 Å². The smallest absolute Gasteiger partial charge is 0.255 e. The fourth-order valence-corrected chi connectivity index (χ4v) is 2.93. The molecule has 2 heterocycles. The molecule has 1 aliphatic carbocycles. The Kier molecular flexibility index (Phi) is 3.19. The highest BCUT2D eigenvalue weighted by atomic mass is 16.3. The number of hydrogen-bond donors (Lipinski definition) is 1. The molecule has 2 aliphatic rings. The molecule has 1 saturated heterocycles. The van der Waals surface area contributed by atoms with Crippen molar-refractivity contribution in [2.75, 3.05) is 13.1 Å². The van der Waals surface area contributed by atoms with Crippen molar-refractivity contribution in [3.8, 4) is 6.07 Å². The van der Waals surface area contributed by atoms with E-state index in [1.165, 1.54) is 6.20 Å². The van der Waals surface area contributed by atoms with Crippen molar-refractivity contribution < 1.29 is 9.90 Å². The van der Waals surface area contributed by atoms with Crippen LogP contribution in [-0.2, 0) is 0 Å². The lowest BCUT2D eigenvalue weighted by Crippen LogP contribution is -2.41. The number of aliphatic hydroxyl groups is 1. The third-order valence-electron chi connectivity index (χ3n) is 4.43. The van der Waals surface area contributed by atoms with Crippen LogP contribution < -0.4 is 0 Å². The number of hydrogen-bond acceptors (Lipinski definition) is 4. The van der Waals surface area contributed by atoms with Crippen LogP contribution in [0, 0.1) is 17.2 Å². The van der Waals surface area contributed by atoms with Gasteiger partial charge in [-0.2, -0.15) is 5.26 Å². The number of carbonyl (C=O) groups is 1. The number of aromatic nitrogens is 1. The predicted molar refractivity (Wildman–Crippen MR) is 71.8 cm³/mol. The summed E-state index contributed by atoms with van der Waals surface area (Å²) in [5, 5.41) is 18.8. The summed E-state index contributed by atoms with van der Waals surface area (Å²) >= 11 is 0. The van der Waals surface area contributed by atoms with E-state index in [0.717, 1.165) is 25.7 Å². The van der Waals surface area contributed by atoms with Gasteiger partial charge in [-0.15, -0.1) is 0 Å². The number of likely N-dealkylation sites (tertiary alicyclic amines) is 1. The Bertz CT molecular complexity index is 549. The molecule has 1 aliphatic heterocycles. The number of nitriles is 1. The monoisotopic (exact) mass is 271 g/mol. The van der Waals surface area contributed by atoms with Crippen molar-refractivity contribution in [2.45, 2.75) is 31.3 Å². The average molecular weight is 271 g/mol. The molecule has 5 heteroatoms. The lowest BCUT2D eigenvalue weighted by atomic mass is 9.89. The van der Waals surface area contributed by atoms with Gasteiger partial charge in [-0.25, -0.2) is 4.98 Å². The third kappa shape index (κ3) is 2.39. The summed E-state index contributed by atoms with van der Waals surface area (Å²) in [6.45, 7) is 1.37. The van der Waals surface area contributed by atoms with Crippen LogP contribution in [0.1, 0.15) is 41.7 Å². The Morgan fingerprint density at radius 3 is 2.60 bits per heavy atom. The molecule has 0 atom stereocenters. The molecular formula is C15H17N3O2. The topological polar surface area (TPSA) is 77.2 Å². The lowest BCUT2D eigenvalue weighted by Gasteiger charge is -2.34. The molecule has 3 rings (SSSR count). The zero-order valence-electron chi connectivity index (χ0n) is 11.2. The highest BCUT2D eigenvalue weighted by Gasteiger charge is 2.48. The number of nitrogens with zero attached hydrogens (tertiary/aromatic N) is 3. The maximum absolute atomic E-state index is 12.3. The van der Waals surface area contributed by atoms with Crippen LogP contribution in [0.25, 0.3) is 0 Å². The van der Waals surface area contributed by atoms with Gasteiger partial charge >= 0.3 is 0 Å². The van der Waals surface area contributed by atoms with E-state index in [1.807, 2.05) is 11.0 Å². The molecule has 0 unspecified atom stereocenters. The summed E-state index contributed by atoms with van der Waals surface area (Å²) in [6.07, 6.45) is 5.01. The minimum absolute atomic E-state index is 0.0387. The Hall–Kier alpha value is -1.93. The van der Waals surface area contributed by atoms with Gasteiger partial charge in [0.2, 0.25) is 0 Å². The van der Waals surface area contributed by atoms with Gasteiger partial charge in [-0.3, -0.25) is 4.79 Å². The van der Waals surface area contributed by atoms with Crippen LogP contribution in [0.5, 0.6) is 0 Å². The first-order valence-corrected chi connectivity index (χ1v) is 7.00. The van der Waals surface area contributed by atoms with E-state index in [-0.39, 0.29) is 5.91 Å². The Labute approximate surface area is 117 Å². The molecule has 0 bridgehead atoms. The largest absolute Gasteiger partial charge is 0.390 e. The second-order valence-electron chi connectivity index (χ2n) is 5.71. The summed E-state index contributed by atoms with van der Waals surface area (Å²) in [5.74, 6) is 0.300. The molecule has 20 heavy (non-hydrogen) atoms. The van der Waals surface area contributed by atoms with Gasteiger partial charge in [-0.05, 0) is 43.7 Å². The predicted octanol–water partition coefficient (Wildman–Crippen LogP) is 1.33. The number of rotatable bonds is 2. The first-order chi connectivity index (χ1) is 9.62. The van der Waals surface area contributed by atoms with Crippen molar-refractivity contribution in [2.24, 2.45) is 5.92 Å². The van der Waals surface area contributed by atoms with Crippen LogP contribution in [0.2, 0.25) is 0 Å². The second-order valence-corrected chi connectivity index (χ2v) is 5.71. The molecule has 1 N–H and O–H groups in total. The maximum Gasteiger partial charge on any atom is 0.255 e. The molecule has 5 nitrogen and oxygen atoms in total. The minimum Gasteiger partial charge on any atom is -0.390 e. The standard InChI is InChI=1S/C15H17N3O2/c16-9-13-2-1-11(10-17-13)14(19)18-7-3-12(4-8-18)15(20)5-6-15/h1-2,10,12,20H,3-8H2. The van der Waals surface area contributed by atoms with Crippen LogP contribution in [0.3, 0.4) is 0 Å². The van der Waals surface area contributed by atoms with Crippen LogP contribution in [0.4, 0.5) is 0 Å². The van der Waals surface area contributed by atoms with E-state index in [0.29, 0.717) is 30.3 Å². The zero-order chi connectivity index (χ0) is 14.2. The van der Waals surface area contributed by atoms with Crippen LogP contribution in [-0.4, -0.2) is 39.6 Å². The zero-order valence-corrected chi connectivity index (χ0v) is 11.2. The highest BCUT2D eigenvalue weighted by Crippen LogP contribution is 2.46. The van der Waals surface area contributed by atoms with Gasteiger partial charge in [0.25, 0.3) is 5.91 Å². The van der Waals surface area contributed by atoms with E-state index < -0.39 is 5.60 Å². The molecule has 2 fully saturated rings. The fourth-order valence-electron chi connectivity index (χ4n) is 2.93. The van der Waals surface area contributed by atoms with Gasteiger partial charge in [0.05, 0.1) is 11.2 Å². The van der Waals surface area contributed by atoms with Gasteiger partial charge in [0.15, 0.2) is 0 Å². The lowest BCUT2D eigenvalue weighted by molar-refractivity contribution is 0.0340. The van der Waals surface area contributed by atoms with Gasteiger partial charge in [0, 0.05) is 19.3 Å². The molecule has 0 aromatic carbocycles. The fraction of sp³-hybridized carbons (Fsp3) is 0.533. The molecule has 0 spiro atoms. The number of pyridine rings is 1. The highest BCUT2D eigenvalue weighted by molar-refractivity contribution is 5.94. The molecule has 0 radical (unpaired) electrons. The van der Waals surface area contributed by atoms with E-state index in [1.54, 1.807) is 12.1 Å². The minimum atomic E-state index is -0.439. The van der Waals surface area contributed by atoms with Crippen molar-refractivity contribution >= 4 is 5.91 Å². The van der Waals surface area contributed by atoms with Gasteiger partial charge in [-0.1, -0.05) is 0 Å². The summed E-state index contributed by atoms with van der Waals surface area (Å²) in [7, 11) is 0. The number of amides is 1. The van der Waals surface area contributed by atoms with Crippen molar-refractivity contribution in [1.29, 1.82) is 5.26 Å². The Morgan fingerprint density at radius 2 is 2.10 bits per heavy atom. The van der Waals surface area contributed by atoms with Crippen molar-refractivity contribution in [3.63, 3.8) is 0 Å². The second kappa shape index (κ2) is 4.88. The first-order valence-electron chi connectivity index (χ1n) is 7.00. The molecule has 1 aromatic heterocycles. The summed E-state index contributed by atoms with van der Waals surface area (Å²) in [4.78, 5) is 18.1. The molecule has 1 saturated carbocycles. The summed E-state index contributed by atoms with van der Waals surface area (Å²) < 4.78 is 0. The number of piperidine rings is 1. The molecule has 104 valence electrons. The third-order valence-corrected chi connectivity index (χ3v) is 4.43. The molecule has 1 aromatic rings. The molecule has 1 amide bonds. The van der Waals surface area contributed by atoms with E-state index >= 15 is 0 Å².